The van der Waals surface area contributed by atoms with Gasteiger partial charge < -0.3 is 4.74 Å². The molecule has 0 unspecified atom stereocenters. The lowest BCUT2D eigenvalue weighted by molar-refractivity contribution is -0.143. The summed E-state index contributed by atoms with van der Waals surface area (Å²) in [4.78, 5) is 12.1. The van der Waals surface area contributed by atoms with Crippen molar-refractivity contribution < 1.29 is 9.53 Å². The number of allylic oxidation sites excluding steroid dienone is 2. The molecule has 0 N–H and O–H groups in total. The summed E-state index contributed by atoms with van der Waals surface area (Å²) in [5, 5.41) is 0. The highest BCUT2D eigenvalue weighted by molar-refractivity contribution is 5.69. The lowest BCUT2D eigenvalue weighted by Crippen LogP contribution is -2.05. The van der Waals surface area contributed by atoms with Gasteiger partial charge in [-0.2, -0.15) is 0 Å². The second-order valence-electron chi connectivity index (χ2n) is 20.5. The summed E-state index contributed by atoms with van der Waals surface area (Å²) in [6, 6.07) is 0. The number of ether oxygens (including phenoxy) is 1. The van der Waals surface area contributed by atoms with Crippen LogP contribution in [0.15, 0.2) is 12.2 Å². The summed E-state index contributed by atoms with van der Waals surface area (Å²) < 4.78 is 5.51. The minimum absolute atomic E-state index is 0.0314. The molecule has 0 fully saturated rings. The van der Waals surface area contributed by atoms with Crippen LogP contribution in [0.4, 0.5) is 0 Å². The van der Waals surface area contributed by atoms with Gasteiger partial charge in [0.2, 0.25) is 0 Å². The fourth-order valence-electron chi connectivity index (χ4n) is 9.26. The predicted octanol–water partition coefficient (Wildman–Crippen LogP) is 21.7. The number of esters is 1. The zero-order valence-corrected chi connectivity index (χ0v) is 42.8. The Morgan fingerprint density at radius 2 is 0.574 bits per heavy atom. The zero-order chi connectivity index (χ0) is 44.0. The SMILES string of the molecule is CCCCCCCCC=CCCCCCCCCCCCCCC(=O)OCCCCCCCCCCCCCCCCCCCCCCCCCCCCCCCCC(C)C. The Labute approximate surface area is 386 Å². The van der Waals surface area contributed by atoms with Crippen molar-refractivity contribution in [1.82, 2.24) is 0 Å². The van der Waals surface area contributed by atoms with E-state index in [1.807, 2.05) is 0 Å². The smallest absolute Gasteiger partial charge is 0.305 e. The third-order valence-corrected chi connectivity index (χ3v) is 13.6. The van der Waals surface area contributed by atoms with Gasteiger partial charge in [0, 0.05) is 6.42 Å². The Bertz CT molecular complexity index is 816. The van der Waals surface area contributed by atoms with E-state index < -0.39 is 0 Å². The molecular weight excluding hydrogens is 741 g/mol. The Morgan fingerprint density at radius 3 is 0.869 bits per heavy atom. The van der Waals surface area contributed by atoms with Crippen molar-refractivity contribution in [2.24, 2.45) is 5.92 Å². The number of carbonyl (C=O) groups is 1. The van der Waals surface area contributed by atoms with Crippen LogP contribution in [0.5, 0.6) is 0 Å². The van der Waals surface area contributed by atoms with Gasteiger partial charge in [-0.1, -0.05) is 315 Å². The van der Waals surface area contributed by atoms with E-state index in [-0.39, 0.29) is 5.97 Å². The van der Waals surface area contributed by atoms with Gasteiger partial charge in [0.25, 0.3) is 0 Å². The van der Waals surface area contributed by atoms with Crippen molar-refractivity contribution >= 4 is 5.97 Å². The molecule has 0 aliphatic heterocycles. The number of carbonyl (C=O) groups excluding carboxylic acids is 1. The molecule has 0 atom stereocenters. The standard InChI is InChI=1S/C59H116O2/c1-4-5-6-7-8-9-10-11-12-13-14-25-29-32-35-38-41-44-47-50-53-56-59(60)61-57-54-51-48-45-42-39-36-33-30-27-24-22-20-18-16-15-17-19-21-23-26-28-31-34-37-40-43-46-49-52-55-58(2)3/h11-12,58H,4-10,13-57H2,1-3H3. The molecule has 0 saturated carbocycles. The highest BCUT2D eigenvalue weighted by Crippen LogP contribution is 2.18. The van der Waals surface area contributed by atoms with Crippen LogP contribution < -0.4 is 0 Å². The highest BCUT2D eigenvalue weighted by Gasteiger charge is 2.03. The average molecular weight is 858 g/mol. The normalized spacial score (nSPS) is 11.8. The van der Waals surface area contributed by atoms with Crippen LogP contribution in [-0.2, 0) is 9.53 Å². The molecule has 0 bridgehead atoms. The van der Waals surface area contributed by atoms with Crippen LogP contribution in [-0.4, -0.2) is 12.6 Å². The first-order valence-corrected chi connectivity index (χ1v) is 29.0. The maximum absolute atomic E-state index is 12.1. The maximum Gasteiger partial charge on any atom is 0.305 e. The summed E-state index contributed by atoms with van der Waals surface area (Å²) in [7, 11) is 0. The quantitative estimate of drug-likeness (QED) is 0.0346. The molecule has 0 aromatic rings. The molecule has 364 valence electrons. The van der Waals surface area contributed by atoms with Gasteiger partial charge in [-0.3, -0.25) is 4.79 Å². The Hall–Kier alpha value is -0.790. The van der Waals surface area contributed by atoms with Crippen molar-refractivity contribution in [3.05, 3.63) is 12.2 Å². The summed E-state index contributed by atoms with van der Waals surface area (Å²) in [6.07, 6.45) is 75.4. The fraction of sp³-hybridized carbons (Fsp3) is 0.949. The molecule has 0 heterocycles. The second-order valence-corrected chi connectivity index (χ2v) is 20.5. The van der Waals surface area contributed by atoms with Crippen LogP contribution >= 0.6 is 0 Å². The van der Waals surface area contributed by atoms with Crippen LogP contribution in [0.1, 0.15) is 348 Å². The van der Waals surface area contributed by atoms with E-state index in [9.17, 15) is 4.79 Å². The monoisotopic (exact) mass is 857 g/mol. The van der Waals surface area contributed by atoms with E-state index in [4.69, 9.17) is 4.74 Å². The van der Waals surface area contributed by atoms with Gasteiger partial charge in [-0.05, 0) is 44.4 Å². The molecule has 0 saturated heterocycles. The Kier molecular flexibility index (Phi) is 54.6. The second kappa shape index (κ2) is 55.3. The van der Waals surface area contributed by atoms with Crippen molar-refractivity contribution in [1.29, 1.82) is 0 Å². The van der Waals surface area contributed by atoms with Gasteiger partial charge in [-0.15, -0.1) is 0 Å². The summed E-state index contributed by atoms with van der Waals surface area (Å²) in [5.74, 6) is 0.920. The average Bonchev–Trinajstić information content (AvgIpc) is 3.25. The van der Waals surface area contributed by atoms with Crippen molar-refractivity contribution in [2.75, 3.05) is 6.61 Å². The largest absolute Gasteiger partial charge is 0.466 e. The summed E-state index contributed by atoms with van der Waals surface area (Å²) >= 11 is 0. The number of hydrogen-bond donors (Lipinski definition) is 0. The zero-order valence-electron chi connectivity index (χ0n) is 42.8. The topological polar surface area (TPSA) is 26.3 Å². The molecule has 0 rings (SSSR count). The van der Waals surface area contributed by atoms with Gasteiger partial charge in [-0.25, -0.2) is 0 Å². The van der Waals surface area contributed by atoms with E-state index in [0.29, 0.717) is 13.0 Å². The minimum Gasteiger partial charge on any atom is -0.466 e. The first-order chi connectivity index (χ1) is 30.2. The lowest BCUT2D eigenvalue weighted by atomic mass is 10.0. The molecule has 0 radical (unpaired) electrons. The lowest BCUT2D eigenvalue weighted by Gasteiger charge is -2.06. The van der Waals surface area contributed by atoms with E-state index in [0.717, 1.165) is 18.8 Å². The first-order valence-electron chi connectivity index (χ1n) is 29.0. The molecule has 0 amide bonds. The summed E-state index contributed by atoms with van der Waals surface area (Å²) in [6.45, 7) is 7.62. The molecule has 2 heteroatoms. The third-order valence-electron chi connectivity index (χ3n) is 13.6. The first kappa shape index (κ1) is 60.2. The predicted molar refractivity (Wildman–Crippen MR) is 276 cm³/mol. The number of rotatable bonds is 54. The van der Waals surface area contributed by atoms with Crippen LogP contribution in [0.2, 0.25) is 0 Å². The fourth-order valence-corrected chi connectivity index (χ4v) is 9.26. The maximum atomic E-state index is 12.1. The summed E-state index contributed by atoms with van der Waals surface area (Å²) in [5.41, 5.74) is 0. The number of hydrogen-bond acceptors (Lipinski definition) is 2. The van der Waals surface area contributed by atoms with E-state index >= 15 is 0 Å². The van der Waals surface area contributed by atoms with Crippen LogP contribution in [0.25, 0.3) is 0 Å². The molecule has 0 aliphatic rings. The molecular formula is C59H116O2. The molecule has 2 nitrogen and oxygen atoms in total. The van der Waals surface area contributed by atoms with Gasteiger partial charge in [0.1, 0.15) is 0 Å². The molecule has 61 heavy (non-hydrogen) atoms. The van der Waals surface area contributed by atoms with E-state index in [2.05, 4.69) is 32.9 Å². The van der Waals surface area contributed by atoms with Gasteiger partial charge >= 0.3 is 5.97 Å². The van der Waals surface area contributed by atoms with Crippen LogP contribution in [0, 0.1) is 5.92 Å². The highest BCUT2D eigenvalue weighted by atomic mass is 16.5. The van der Waals surface area contributed by atoms with Crippen molar-refractivity contribution in [3.63, 3.8) is 0 Å². The van der Waals surface area contributed by atoms with E-state index in [1.165, 1.54) is 308 Å². The third kappa shape index (κ3) is 57.2. The molecule has 0 spiro atoms. The van der Waals surface area contributed by atoms with E-state index in [1.54, 1.807) is 0 Å². The molecule has 0 aromatic heterocycles. The van der Waals surface area contributed by atoms with Crippen LogP contribution in [0.3, 0.4) is 0 Å². The molecule has 0 aliphatic carbocycles. The van der Waals surface area contributed by atoms with Crippen molar-refractivity contribution in [2.45, 2.75) is 348 Å². The Morgan fingerprint density at radius 1 is 0.328 bits per heavy atom. The van der Waals surface area contributed by atoms with Gasteiger partial charge in [0.05, 0.1) is 6.61 Å². The van der Waals surface area contributed by atoms with Crippen molar-refractivity contribution in [3.8, 4) is 0 Å². The molecule has 0 aromatic carbocycles. The Balaban J connectivity index is 3.16. The minimum atomic E-state index is 0.0314. The van der Waals surface area contributed by atoms with Gasteiger partial charge in [0.15, 0.2) is 0 Å². The number of unbranched alkanes of at least 4 members (excludes halogenated alkanes) is 46.